The minimum Gasteiger partial charge on any atom is -0.298 e. The van der Waals surface area contributed by atoms with Crippen molar-refractivity contribution < 1.29 is 14.4 Å². The zero-order valence-corrected chi connectivity index (χ0v) is 14.8. The van der Waals surface area contributed by atoms with Gasteiger partial charge in [0.15, 0.2) is 11.6 Å². The van der Waals surface area contributed by atoms with Crippen LogP contribution in [0, 0.1) is 17.8 Å². The zero-order chi connectivity index (χ0) is 16.0. The Morgan fingerprint density at radius 2 is 1.67 bits per heavy atom. The summed E-state index contributed by atoms with van der Waals surface area (Å²) in [4.78, 5) is 37.2. The van der Waals surface area contributed by atoms with Gasteiger partial charge in [0.25, 0.3) is 0 Å². The van der Waals surface area contributed by atoms with Gasteiger partial charge < -0.3 is 0 Å². The van der Waals surface area contributed by atoms with Crippen LogP contribution in [0.15, 0.2) is 0 Å². The Labute approximate surface area is 137 Å². The molecule has 2 atom stereocenters. The predicted molar refractivity (Wildman–Crippen MR) is 90.8 cm³/mol. The molecule has 5 heteroatoms. The van der Waals surface area contributed by atoms with Gasteiger partial charge in [-0.2, -0.15) is 12.6 Å². The monoisotopic (exact) mass is 330 g/mol. The summed E-state index contributed by atoms with van der Waals surface area (Å²) < 4.78 is 0. The van der Waals surface area contributed by atoms with Crippen molar-refractivity contribution >= 4 is 41.1 Å². The standard InChI is InChI=1S/C16H26O3S2/c1-4-21-16(19)12(13(17)10(2)3)14(18)15(20)11-8-6-5-7-9-11/h10-12,15,20H,4-9H2,1-3H3. The number of thioether (sulfide) groups is 1. The van der Waals surface area contributed by atoms with E-state index in [2.05, 4.69) is 12.6 Å². The lowest BCUT2D eigenvalue weighted by Gasteiger charge is -2.28. The third-order valence-corrected chi connectivity index (χ3v) is 5.53. The van der Waals surface area contributed by atoms with Crippen molar-refractivity contribution in [3.63, 3.8) is 0 Å². The van der Waals surface area contributed by atoms with Crippen LogP contribution in [0.5, 0.6) is 0 Å². The Bertz CT molecular complexity index is 387. The maximum Gasteiger partial charge on any atom is 0.206 e. The van der Waals surface area contributed by atoms with E-state index in [0.29, 0.717) is 5.75 Å². The number of hydrogen-bond acceptors (Lipinski definition) is 5. The van der Waals surface area contributed by atoms with Crippen LogP contribution in [-0.2, 0) is 14.4 Å². The molecule has 0 radical (unpaired) electrons. The number of Topliss-reactive ketones (excluding diaryl/α,β-unsaturated/α-hetero) is 2. The smallest absolute Gasteiger partial charge is 0.206 e. The Morgan fingerprint density at radius 3 is 2.14 bits per heavy atom. The summed E-state index contributed by atoms with van der Waals surface area (Å²) in [7, 11) is 0. The molecule has 2 unspecified atom stereocenters. The molecule has 0 heterocycles. The second-order valence-electron chi connectivity index (χ2n) is 5.99. The van der Waals surface area contributed by atoms with E-state index in [-0.39, 0.29) is 28.5 Å². The van der Waals surface area contributed by atoms with Gasteiger partial charge in [-0.1, -0.05) is 51.8 Å². The Balaban J connectivity index is 2.87. The molecule has 0 aromatic carbocycles. The lowest BCUT2D eigenvalue weighted by molar-refractivity contribution is -0.138. The molecule has 0 aliphatic heterocycles. The second-order valence-corrected chi connectivity index (χ2v) is 7.81. The molecule has 0 bridgehead atoms. The van der Waals surface area contributed by atoms with Crippen molar-refractivity contribution in [1.29, 1.82) is 0 Å². The van der Waals surface area contributed by atoms with Crippen molar-refractivity contribution in [3.8, 4) is 0 Å². The van der Waals surface area contributed by atoms with Crippen LogP contribution in [0.25, 0.3) is 0 Å². The van der Waals surface area contributed by atoms with E-state index in [1.54, 1.807) is 13.8 Å². The van der Waals surface area contributed by atoms with E-state index >= 15 is 0 Å². The van der Waals surface area contributed by atoms with Gasteiger partial charge in [0.05, 0.1) is 5.25 Å². The largest absolute Gasteiger partial charge is 0.298 e. The van der Waals surface area contributed by atoms with Crippen molar-refractivity contribution in [2.75, 3.05) is 5.75 Å². The van der Waals surface area contributed by atoms with Crippen molar-refractivity contribution in [2.45, 2.75) is 58.1 Å². The lowest BCUT2D eigenvalue weighted by Crippen LogP contribution is -2.40. The van der Waals surface area contributed by atoms with E-state index < -0.39 is 11.2 Å². The van der Waals surface area contributed by atoms with E-state index in [1.165, 1.54) is 6.42 Å². The van der Waals surface area contributed by atoms with E-state index in [9.17, 15) is 14.4 Å². The molecule has 3 nitrogen and oxygen atoms in total. The van der Waals surface area contributed by atoms with Gasteiger partial charge in [-0.05, 0) is 24.5 Å². The van der Waals surface area contributed by atoms with Crippen LogP contribution >= 0.6 is 24.4 Å². The van der Waals surface area contributed by atoms with Crippen LogP contribution in [0.1, 0.15) is 52.9 Å². The van der Waals surface area contributed by atoms with Crippen LogP contribution in [0.3, 0.4) is 0 Å². The molecular weight excluding hydrogens is 304 g/mol. The number of carbonyl (C=O) groups excluding carboxylic acids is 3. The molecule has 0 aromatic rings. The molecule has 1 fully saturated rings. The highest BCUT2D eigenvalue weighted by Crippen LogP contribution is 2.32. The lowest BCUT2D eigenvalue weighted by atomic mass is 9.81. The van der Waals surface area contributed by atoms with E-state index in [4.69, 9.17) is 0 Å². The molecule has 0 spiro atoms. The van der Waals surface area contributed by atoms with Crippen LogP contribution in [0.4, 0.5) is 0 Å². The summed E-state index contributed by atoms with van der Waals surface area (Å²) in [5.41, 5.74) is 0. The topological polar surface area (TPSA) is 51.2 Å². The van der Waals surface area contributed by atoms with Gasteiger partial charge in [0.1, 0.15) is 5.92 Å². The van der Waals surface area contributed by atoms with Gasteiger partial charge in [0.2, 0.25) is 5.12 Å². The number of hydrogen-bond donors (Lipinski definition) is 1. The zero-order valence-electron chi connectivity index (χ0n) is 13.1. The highest BCUT2D eigenvalue weighted by molar-refractivity contribution is 8.13. The SMILES string of the molecule is CCSC(=O)C(C(=O)C(C)C)C(=O)C(S)C1CCCCC1. The molecule has 1 aliphatic rings. The number of rotatable bonds is 7. The molecule has 120 valence electrons. The Morgan fingerprint density at radius 1 is 1.10 bits per heavy atom. The van der Waals surface area contributed by atoms with E-state index in [0.717, 1.165) is 37.4 Å². The predicted octanol–water partition coefficient (Wildman–Crippen LogP) is 3.56. The summed E-state index contributed by atoms with van der Waals surface area (Å²) in [5.74, 6) is -1.20. The van der Waals surface area contributed by atoms with Crippen molar-refractivity contribution in [3.05, 3.63) is 0 Å². The third kappa shape index (κ3) is 5.13. The van der Waals surface area contributed by atoms with Gasteiger partial charge >= 0.3 is 0 Å². The Hall–Kier alpha value is -0.290. The summed E-state index contributed by atoms with van der Waals surface area (Å²) in [5, 5.41) is -0.796. The Kier molecular flexibility index (Phi) is 8.03. The summed E-state index contributed by atoms with van der Waals surface area (Å²) in [6, 6.07) is 0. The quantitative estimate of drug-likeness (QED) is 0.573. The molecule has 0 amide bonds. The number of ketones is 2. The maximum atomic E-state index is 12.7. The number of thiol groups is 1. The van der Waals surface area contributed by atoms with Gasteiger partial charge in [-0.3, -0.25) is 14.4 Å². The van der Waals surface area contributed by atoms with Gasteiger partial charge in [-0.15, -0.1) is 0 Å². The molecule has 1 rings (SSSR count). The highest BCUT2D eigenvalue weighted by atomic mass is 32.2. The molecule has 0 aromatic heterocycles. The first kappa shape index (κ1) is 18.8. The number of carbonyl (C=O) groups is 3. The van der Waals surface area contributed by atoms with Crippen LogP contribution in [-0.4, -0.2) is 27.7 Å². The molecule has 21 heavy (non-hydrogen) atoms. The summed E-state index contributed by atoms with van der Waals surface area (Å²) in [6.45, 7) is 5.32. The average Bonchev–Trinajstić information content (AvgIpc) is 2.47. The first-order valence-corrected chi connectivity index (χ1v) is 9.32. The summed E-state index contributed by atoms with van der Waals surface area (Å²) >= 11 is 5.53. The van der Waals surface area contributed by atoms with Crippen LogP contribution < -0.4 is 0 Å². The first-order valence-electron chi connectivity index (χ1n) is 7.82. The second kappa shape index (κ2) is 8.99. The minimum absolute atomic E-state index is 0.205. The minimum atomic E-state index is -1.13. The normalized spacial score (nSPS) is 19.3. The van der Waals surface area contributed by atoms with Gasteiger partial charge in [0, 0.05) is 5.92 Å². The fraction of sp³-hybridized carbons (Fsp3) is 0.812. The molecule has 0 N–H and O–H groups in total. The van der Waals surface area contributed by atoms with Gasteiger partial charge in [-0.25, -0.2) is 0 Å². The van der Waals surface area contributed by atoms with E-state index in [1.807, 2.05) is 6.92 Å². The molecular formula is C16H26O3S2. The fourth-order valence-electron chi connectivity index (χ4n) is 2.78. The highest BCUT2D eigenvalue weighted by Gasteiger charge is 2.40. The molecule has 0 saturated heterocycles. The van der Waals surface area contributed by atoms with Crippen molar-refractivity contribution in [1.82, 2.24) is 0 Å². The van der Waals surface area contributed by atoms with Crippen LogP contribution in [0.2, 0.25) is 0 Å². The summed E-state index contributed by atoms with van der Waals surface area (Å²) in [6.07, 6.45) is 5.35. The molecule has 1 saturated carbocycles. The van der Waals surface area contributed by atoms with Crippen molar-refractivity contribution in [2.24, 2.45) is 17.8 Å². The molecule has 1 aliphatic carbocycles. The fourth-order valence-corrected chi connectivity index (χ4v) is 3.92. The third-order valence-electron chi connectivity index (χ3n) is 4.05. The average molecular weight is 331 g/mol. The first-order chi connectivity index (χ1) is 9.90. The maximum absolute atomic E-state index is 12.7.